The topological polar surface area (TPSA) is 67.9 Å². The fourth-order valence-corrected chi connectivity index (χ4v) is 4.54. The molecule has 2 rings (SSSR count). The lowest BCUT2D eigenvalue weighted by atomic mass is 10.2. The Balaban J connectivity index is 2.11. The molecule has 1 heterocycles. The smallest absolute Gasteiger partial charge is 0.243 e. The van der Waals surface area contributed by atoms with E-state index < -0.39 is 10.0 Å². The lowest BCUT2D eigenvalue weighted by Gasteiger charge is -2.33. The van der Waals surface area contributed by atoms with Crippen LogP contribution in [0.15, 0.2) is 23.1 Å². The number of hydrogen-bond acceptors (Lipinski definition) is 5. The zero-order valence-electron chi connectivity index (χ0n) is 15.9. The van der Waals surface area contributed by atoms with Gasteiger partial charge in [-0.25, -0.2) is 13.4 Å². The van der Waals surface area contributed by atoms with E-state index in [2.05, 4.69) is 27.7 Å². The Hall–Kier alpha value is -1.26. The van der Waals surface area contributed by atoms with Crippen LogP contribution in [0.5, 0.6) is 0 Å². The van der Waals surface area contributed by atoms with E-state index in [-0.39, 0.29) is 4.90 Å². The van der Waals surface area contributed by atoms with E-state index in [0.717, 1.165) is 31.7 Å². The van der Waals surface area contributed by atoms with E-state index in [1.807, 2.05) is 20.8 Å². The molecule has 9 heteroatoms. The number of nitrogens with zero attached hydrogens (tertiary/aromatic N) is 3. The van der Waals surface area contributed by atoms with Crippen molar-refractivity contribution in [1.82, 2.24) is 19.6 Å². The van der Waals surface area contributed by atoms with Crippen LogP contribution in [0.4, 0.5) is 5.69 Å². The van der Waals surface area contributed by atoms with Gasteiger partial charge in [0.1, 0.15) is 0 Å². The Morgan fingerprint density at radius 3 is 2.38 bits per heavy atom. The molecule has 0 saturated carbocycles. The van der Waals surface area contributed by atoms with Crippen LogP contribution in [0.25, 0.3) is 0 Å². The molecule has 1 saturated heterocycles. The molecule has 0 amide bonds. The normalized spacial score (nSPS) is 16.7. The fraction of sp³-hybridized carbons (Fsp3) is 0.588. The Kier molecular flexibility index (Phi) is 7.36. The first-order chi connectivity index (χ1) is 12.3. The molecule has 1 aliphatic rings. The predicted octanol–water partition coefficient (Wildman–Crippen LogP) is 1.47. The van der Waals surface area contributed by atoms with Crippen molar-refractivity contribution in [2.45, 2.75) is 25.7 Å². The number of sulfonamides is 1. The molecule has 0 radical (unpaired) electrons. The lowest BCUT2D eigenvalue weighted by molar-refractivity contribution is 0.131. The Morgan fingerprint density at radius 1 is 1.19 bits per heavy atom. The standard InChI is InChI=1S/C17H29N5O2S2/c1-5-22(6-2)26(23,24)15-8-7-14(3)16(13-15)18-17(25)19-21-11-9-20(4)10-12-21/h7-8,13H,5-6,9-12H2,1-4H3,(H2,18,19,25). The summed E-state index contributed by atoms with van der Waals surface area (Å²) in [5.41, 5.74) is 4.82. The van der Waals surface area contributed by atoms with Crippen molar-refractivity contribution in [3.63, 3.8) is 0 Å². The zero-order chi connectivity index (χ0) is 19.3. The molecule has 0 unspecified atom stereocenters. The van der Waals surface area contributed by atoms with Gasteiger partial charge in [0.2, 0.25) is 10.0 Å². The molecular weight excluding hydrogens is 370 g/mol. The molecule has 7 nitrogen and oxygen atoms in total. The average molecular weight is 400 g/mol. The number of thiocarbonyl (C=S) groups is 1. The van der Waals surface area contributed by atoms with Crippen LogP contribution in [0.3, 0.4) is 0 Å². The molecular formula is C17H29N5O2S2. The Bertz CT molecular complexity index is 727. The highest BCUT2D eigenvalue weighted by Crippen LogP contribution is 2.23. The van der Waals surface area contributed by atoms with Crippen molar-refractivity contribution in [1.29, 1.82) is 0 Å². The third-order valence-electron chi connectivity index (χ3n) is 4.56. The van der Waals surface area contributed by atoms with Gasteiger partial charge in [0.25, 0.3) is 0 Å². The molecule has 0 spiro atoms. The minimum Gasteiger partial charge on any atom is -0.331 e. The number of nitrogens with one attached hydrogen (secondary N) is 2. The molecule has 0 aliphatic carbocycles. The van der Waals surface area contributed by atoms with Gasteiger partial charge in [-0.15, -0.1) is 0 Å². The summed E-state index contributed by atoms with van der Waals surface area (Å²) in [6, 6.07) is 5.10. The summed E-state index contributed by atoms with van der Waals surface area (Å²) in [5, 5.41) is 5.68. The monoisotopic (exact) mass is 399 g/mol. The highest BCUT2D eigenvalue weighted by molar-refractivity contribution is 7.89. The molecule has 0 aromatic heterocycles. The van der Waals surface area contributed by atoms with Crippen molar-refractivity contribution >= 4 is 33.0 Å². The maximum absolute atomic E-state index is 12.7. The van der Waals surface area contributed by atoms with E-state index in [4.69, 9.17) is 12.2 Å². The van der Waals surface area contributed by atoms with Crippen LogP contribution in [0.2, 0.25) is 0 Å². The van der Waals surface area contributed by atoms with Gasteiger partial charge < -0.3 is 10.2 Å². The molecule has 1 aromatic carbocycles. The number of anilines is 1. The molecule has 1 aliphatic heterocycles. The van der Waals surface area contributed by atoms with Crippen LogP contribution >= 0.6 is 12.2 Å². The average Bonchev–Trinajstić information content (AvgIpc) is 2.59. The zero-order valence-corrected chi connectivity index (χ0v) is 17.6. The largest absolute Gasteiger partial charge is 0.331 e. The van der Waals surface area contributed by atoms with Gasteiger partial charge in [-0.2, -0.15) is 4.31 Å². The maximum atomic E-state index is 12.7. The molecule has 0 atom stereocenters. The van der Waals surface area contributed by atoms with Crippen LogP contribution in [-0.2, 0) is 10.0 Å². The van der Waals surface area contributed by atoms with Gasteiger partial charge in [-0.05, 0) is 43.9 Å². The third-order valence-corrected chi connectivity index (χ3v) is 6.80. The Morgan fingerprint density at radius 2 is 1.81 bits per heavy atom. The first-order valence-corrected chi connectivity index (χ1v) is 10.7. The van der Waals surface area contributed by atoms with Gasteiger partial charge in [0.15, 0.2) is 5.11 Å². The summed E-state index contributed by atoms with van der Waals surface area (Å²) in [4.78, 5) is 2.54. The molecule has 26 heavy (non-hydrogen) atoms. The first-order valence-electron chi connectivity index (χ1n) is 8.89. The van der Waals surface area contributed by atoms with Gasteiger partial charge in [-0.3, -0.25) is 5.43 Å². The van der Waals surface area contributed by atoms with Crippen molar-refractivity contribution in [3.05, 3.63) is 23.8 Å². The second-order valence-corrected chi connectivity index (χ2v) is 8.77. The number of rotatable bonds is 6. The lowest BCUT2D eigenvalue weighted by Crippen LogP contribution is -2.53. The highest BCUT2D eigenvalue weighted by atomic mass is 32.2. The van der Waals surface area contributed by atoms with E-state index in [1.165, 1.54) is 4.31 Å². The molecule has 2 N–H and O–H groups in total. The number of hydrogen-bond donors (Lipinski definition) is 2. The molecule has 1 aromatic rings. The number of likely N-dealkylation sites (N-methyl/N-ethyl adjacent to an activating group) is 1. The predicted molar refractivity (Wildman–Crippen MR) is 110 cm³/mol. The maximum Gasteiger partial charge on any atom is 0.243 e. The fourth-order valence-electron chi connectivity index (χ4n) is 2.82. The molecule has 0 bridgehead atoms. The quantitative estimate of drug-likeness (QED) is 0.702. The van der Waals surface area contributed by atoms with Crippen molar-refractivity contribution < 1.29 is 8.42 Å². The van der Waals surface area contributed by atoms with Crippen molar-refractivity contribution in [3.8, 4) is 0 Å². The summed E-state index contributed by atoms with van der Waals surface area (Å²) in [6.45, 7) is 10.2. The summed E-state index contributed by atoms with van der Waals surface area (Å²) < 4.78 is 26.9. The SMILES string of the molecule is CCN(CC)S(=O)(=O)c1ccc(C)c(NC(=S)NN2CCN(C)CC2)c1. The van der Waals surface area contributed by atoms with Crippen LogP contribution in [0, 0.1) is 6.92 Å². The highest BCUT2D eigenvalue weighted by Gasteiger charge is 2.22. The second kappa shape index (κ2) is 9.09. The van der Waals surface area contributed by atoms with E-state index in [9.17, 15) is 8.42 Å². The molecule has 1 fully saturated rings. The van der Waals surface area contributed by atoms with Crippen LogP contribution in [0.1, 0.15) is 19.4 Å². The summed E-state index contributed by atoms with van der Waals surface area (Å²) in [7, 11) is -1.40. The van der Waals surface area contributed by atoms with Crippen molar-refractivity contribution in [2.24, 2.45) is 0 Å². The molecule has 146 valence electrons. The second-order valence-electron chi connectivity index (χ2n) is 6.42. The number of aryl methyl sites for hydroxylation is 1. The van der Waals surface area contributed by atoms with Gasteiger partial charge in [0, 0.05) is 45.0 Å². The summed E-state index contributed by atoms with van der Waals surface area (Å²) in [5.74, 6) is 0. The van der Waals surface area contributed by atoms with Gasteiger partial charge in [0.05, 0.1) is 4.90 Å². The van der Waals surface area contributed by atoms with Gasteiger partial charge >= 0.3 is 0 Å². The number of benzene rings is 1. The Labute approximate surface area is 162 Å². The van der Waals surface area contributed by atoms with Crippen molar-refractivity contribution in [2.75, 3.05) is 51.6 Å². The summed E-state index contributed by atoms with van der Waals surface area (Å²) >= 11 is 5.40. The number of hydrazine groups is 1. The van der Waals surface area contributed by atoms with E-state index in [1.54, 1.807) is 18.2 Å². The minimum absolute atomic E-state index is 0.275. The van der Waals surface area contributed by atoms with Crippen LogP contribution < -0.4 is 10.7 Å². The third kappa shape index (κ3) is 5.14. The van der Waals surface area contributed by atoms with Crippen LogP contribution in [-0.4, -0.2) is 74.1 Å². The number of piperazine rings is 1. The summed E-state index contributed by atoms with van der Waals surface area (Å²) in [6.07, 6.45) is 0. The van der Waals surface area contributed by atoms with Gasteiger partial charge in [-0.1, -0.05) is 19.9 Å². The minimum atomic E-state index is -3.50. The first kappa shape index (κ1) is 21.0. The van der Waals surface area contributed by atoms with E-state index >= 15 is 0 Å². The van der Waals surface area contributed by atoms with E-state index in [0.29, 0.717) is 23.9 Å².